The lowest BCUT2D eigenvalue weighted by Crippen LogP contribution is -2.65. The van der Waals surface area contributed by atoms with Crippen LogP contribution in [-0.4, -0.2) is 36.1 Å². The number of rotatable bonds is 6. The van der Waals surface area contributed by atoms with Gasteiger partial charge in [-0.1, -0.05) is 47.0 Å². The number of hydrogen-bond donors (Lipinski definition) is 1. The highest BCUT2D eigenvalue weighted by Gasteiger charge is 2.39. The maximum absolute atomic E-state index is 3.91. The van der Waals surface area contributed by atoms with Gasteiger partial charge in [0, 0.05) is 31.2 Å². The van der Waals surface area contributed by atoms with Gasteiger partial charge in [-0.2, -0.15) is 0 Å². The van der Waals surface area contributed by atoms with Gasteiger partial charge in [-0.25, -0.2) is 0 Å². The topological polar surface area (TPSA) is 15.3 Å². The Morgan fingerprint density at radius 1 is 1.15 bits per heavy atom. The lowest BCUT2D eigenvalue weighted by molar-refractivity contribution is 0.0343. The van der Waals surface area contributed by atoms with Crippen LogP contribution in [0, 0.1) is 11.8 Å². The molecule has 1 N–H and O–H groups in total. The van der Waals surface area contributed by atoms with Crippen molar-refractivity contribution in [2.75, 3.05) is 19.6 Å². The molecule has 2 aliphatic rings. The van der Waals surface area contributed by atoms with Crippen LogP contribution >= 0.6 is 0 Å². The minimum Gasteiger partial charge on any atom is -0.308 e. The van der Waals surface area contributed by atoms with Crippen LogP contribution in [0.25, 0.3) is 0 Å². The predicted octanol–water partition coefficient (Wildman–Crippen LogP) is 4.06. The highest BCUT2D eigenvalue weighted by atomic mass is 15.3. The van der Waals surface area contributed by atoms with Crippen molar-refractivity contribution >= 4 is 0 Å². The van der Waals surface area contributed by atoms with Gasteiger partial charge in [0.05, 0.1) is 0 Å². The Morgan fingerprint density at radius 3 is 2.35 bits per heavy atom. The number of hydrogen-bond acceptors (Lipinski definition) is 2. The quantitative estimate of drug-likeness (QED) is 0.789. The van der Waals surface area contributed by atoms with Crippen LogP contribution in [0.4, 0.5) is 0 Å². The molecule has 1 aliphatic carbocycles. The summed E-state index contributed by atoms with van der Waals surface area (Å²) in [6.07, 6.45) is 9.72. The minimum atomic E-state index is 0.378. The third kappa shape index (κ3) is 3.57. The van der Waals surface area contributed by atoms with Crippen molar-refractivity contribution in [3.63, 3.8) is 0 Å². The molecule has 0 aromatic rings. The molecule has 0 amide bonds. The monoisotopic (exact) mass is 280 g/mol. The largest absolute Gasteiger partial charge is 0.308 e. The molecule has 2 atom stereocenters. The van der Waals surface area contributed by atoms with Gasteiger partial charge in [0.1, 0.15) is 0 Å². The van der Waals surface area contributed by atoms with Crippen LogP contribution in [-0.2, 0) is 0 Å². The number of piperazine rings is 1. The van der Waals surface area contributed by atoms with E-state index in [1.807, 2.05) is 0 Å². The standard InChI is InChI=1S/C18H36N2/c1-5-15(4)17-12-19-18(6-2,7-3)14-20(17)13-16-10-8-9-11-16/h15-17,19H,5-14H2,1-4H3. The van der Waals surface area contributed by atoms with E-state index in [-0.39, 0.29) is 0 Å². The third-order valence-electron chi connectivity index (χ3n) is 6.28. The number of nitrogens with zero attached hydrogens (tertiary/aromatic N) is 1. The molecule has 1 heterocycles. The summed E-state index contributed by atoms with van der Waals surface area (Å²) >= 11 is 0. The maximum atomic E-state index is 3.91. The first kappa shape index (κ1) is 16.3. The molecule has 20 heavy (non-hydrogen) atoms. The van der Waals surface area contributed by atoms with Crippen LogP contribution in [0.15, 0.2) is 0 Å². The molecule has 118 valence electrons. The normalized spacial score (nSPS) is 29.7. The van der Waals surface area contributed by atoms with E-state index < -0.39 is 0 Å². The van der Waals surface area contributed by atoms with E-state index in [1.165, 1.54) is 64.6 Å². The fourth-order valence-electron chi connectivity index (χ4n) is 4.29. The fourth-order valence-corrected chi connectivity index (χ4v) is 4.29. The Kier molecular flexibility index (Phi) is 5.92. The summed E-state index contributed by atoms with van der Waals surface area (Å²) in [7, 11) is 0. The summed E-state index contributed by atoms with van der Waals surface area (Å²) in [6, 6.07) is 0.756. The molecule has 0 bridgehead atoms. The Hall–Kier alpha value is -0.0800. The molecule has 2 fully saturated rings. The Labute approximate surface area is 126 Å². The Balaban J connectivity index is 2.05. The minimum absolute atomic E-state index is 0.378. The summed E-state index contributed by atoms with van der Waals surface area (Å²) < 4.78 is 0. The molecule has 0 aromatic heterocycles. The molecule has 2 nitrogen and oxygen atoms in total. The Morgan fingerprint density at radius 2 is 1.80 bits per heavy atom. The first-order valence-electron chi connectivity index (χ1n) is 9.13. The van der Waals surface area contributed by atoms with Gasteiger partial charge in [-0.3, -0.25) is 4.90 Å². The van der Waals surface area contributed by atoms with Crippen molar-refractivity contribution in [2.45, 2.75) is 84.2 Å². The summed E-state index contributed by atoms with van der Waals surface area (Å²) in [6.45, 7) is 13.3. The van der Waals surface area contributed by atoms with Gasteiger partial charge in [-0.15, -0.1) is 0 Å². The van der Waals surface area contributed by atoms with Gasteiger partial charge in [0.15, 0.2) is 0 Å². The first-order chi connectivity index (χ1) is 9.64. The van der Waals surface area contributed by atoms with Crippen LogP contribution in [0.2, 0.25) is 0 Å². The van der Waals surface area contributed by atoms with Crippen LogP contribution in [0.1, 0.15) is 72.6 Å². The van der Waals surface area contributed by atoms with Crippen molar-refractivity contribution < 1.29 is 0 Å². The molecule has 1 aliphatic heterocycles. The van der Waals surface area contributed by atoms with Crippen LogP contribution in [0.5, 0.6) is 0 Å². The second kappa shape index (κ2) is 7.26. The lowest BCUT2D eigenvalue weighted by atomic mass is 9.84. The van der Waals surface area contributed by atoms with Crippen molar-refractivity contribution in [2.24, 2.45) is 11.8 Å². The molecule has 0 spiro atoms. The van der Waals surface area contributed by atoms with Crippen molar-refractivity contribution in [3.8, 4) is 0 Å². The van der Waals surface area contributed by atoms with Gasteiger partial charge in [0.2, 0.25) is 0 Å². The van der Waals surface area contributed by atoms with Gasteiger partial charge in [0.25, 0.3) is 0 Å². The second-order valence-electron chi connectivity index (χ2n) is 7.40. The third-order valence-corrected chi connectivity index (χ3v) is 6.28. The van der Waals surface area contributed by atoms with Crippen LogP contribution < -0.4 is 5.32 Å². The summed E-state index contributed by atoms with van der Waals surface area (Å²) in [5, 5.41) is 3.91. The van der Waals surface area contributed by atoms with Crippen molar-refractivity contribution in [1.29, 1.82) is 0 Å². The van der Waals surface area contributed by atoms with E-state index in [2.05, 4.69) is 37.9 Å². The van der Waals surface area contributed by atoms with E-state index >= 15 is 0 Å². The maximum Gasteiger partial charge on any atom is 0.0304 e. The molecule has 2 heteroatoms. The van der Waals surface area contributed by atoms with Crippen LogP contribution in [0.3, 0.4) is 0 Å². The molecule has 1 saturated carbocycles. The molecule has 2 rings (SSSR count). The molecule has 0 radical (unpaired) electrons. The zero-order valence-electron chi connectivity index (χ0n) is 14.3. The molecule has 1 saturated heterocycles. The van der Waals surface area contributed by atoms with E-state index in [9.17, 15) is 0 Å². The summed E-state index contributed by atoms with van der Waals surface area (Å²) in [5.41, 5.74) is 0.378. The average molecular weight is 280 g/mol. The molecular formula is C18H36N2. The van der Waals surface area contributed by atoms with Gasteiger partial charge in [-0.05, 0) is 37.5 Å². The zero-order chi connectivity index (χ0) is 14.6. The highest BCUT2D eigenvalue weighted by Crippen LogP contribution is 2.31. The average Bonchev–Trinajstić information content (AvgIpc) is 2.99. The highest BCUT2D eigenvalue weighted by molar-refractivity contribution is 4.98. The summed E-state index contributed by atoms with van der Waals surface area (Å²) in [4.78, 5) is 2.87. The predicted molar refractivity (Wildman–Crippen MR) is 88.1 cm³/mol. The molecular weight excluding hydrogens is 244 g/mol. The lowest BCUT2D eigenvalue weighted by Gasteiger charge is -2.50. The van der Waals surface area contributed by atoms with Gasteiger partial charge < -0.3 is 5.32 Å². The smallest absolute Gasteiger partial charge is 0.0304 e. The first-order valence-corrected chi connectivity index (χ1v) is 9.13. The number of nitrogens with one attached hydrogen (secondary N) is 1. The van der Waals surface area contributed by atoms with Crippen molar-refractivity contribution in [1.82, 2.24) is 10.2 Å². The zero-order valence-corrected chi connectivity index (χ0v) is 14.3. The SMILES string of the molecule is CCC(C)C1CNC(CC)(CC)CN1CC1CCCC1. The van der Waals surface area contributed by atoms with Gasteiger partial charge >= 0.3 is 0 Å². The fraction of sp³-hybridized carbons (Fsp3) is 1.00. The molecule has 2 unspecified atom stereocenters. The van der Waals surface area contributed by atoms with Crippen molar-refractivity contribution in [3.05, 3.63) is 0 Å². The molecule has 0 aromatic carbocycles. The Bertz CT molecular complexity index is 279. The van der Waals surface area contributed by atoms with E-state index in [4.69, 9.17) is 0 Å². The van der Waals surface area contributed by atoms with E-state index in [0.717, 1.165) is 17.9 Å². The van der Waals surface area contributed by atoms with E-state index in [1.54, 1.807) is 0 Å². The summed E-state index contributed by atoms with van der Waals surface area (Å²) in [5.74, 6) is 1.79. The van der Waals surface area contributed by atoms with E-state index in [0.29, 0.717) is 5.54 Å². The second-order valence-corrected chi connectivity index (χ2v) is 7.40.